The lowest BCUT2D eigenvalue weighted by Gasteiger charge is -2.10. The molecule has 1 aromatic heterocycles. The van der Waals surface area contributed by atoms with Crippen LogP contribution in [0.1, 0.15) is 0 Å². The number of nitrogens with one attached hydrogen (secondary N) is 1. The smallest absolute Gasteiger partial charge is 0.241 e. The zero-order valence-corrected chi connectivity index (χ0v) is 12.5. The van der Waals surface area contributed by atoms with Crippen LogP contribution in [0, 0.1) is 3.57 Å². The van der Waals surface area contributed by atoms with Crippen LogP contribution in [0.3, 0.4) is 0 Å². The number of para-hydroxylation sites is 2. The Morgan fingerprint density at radius 1 is 1.00 bits per heavy atom. The van der Waals surface area contributed by atoms with Gasteiger partial charge in [0.15, 0.2) is 0 Å². The molecule has 0 fully saturated rings. The van der Waals surface area contributed by atoms with E-state index in [0.29, 0.717) is 11.8 Å². The number of benzene rings is 2. The number of hydrazine groups is 1. The Bertz CT molecular complexity index is 763. The van der Waals surface area contributed by atoms with Crippen molar-refractivity contribution in [2.75, 3.05) is 5.43 Å². The third kappa shape index (κ3) is 2.52. The van der Waals surface area contributed by atoms with Gasteiger partial charge in [0, 0.05) is 0 Å². The number of halogens is 1. The highest BCUT2D eigenvalue weighted by Gasteiger charge is 2.10. The molecular weight excluding hydrogens is 367 g/mol. The highest BCUT2D eigenvalue weighted by atomic mass is 127. The molecule has 100 valence electrons. The minimum absolute atomic E-state index is 0.324. The first-order valence-corrected chi connectivity index (χ1v) is 7.01. The second-order valence-corrected chi connectivity index (χ2v) is 5.21. The third-order valence-electron chi connectivity index (χ3n) is 2.74. The summed E-state index contributed by atoms with van der Waals surface area (Å²) in [5, 5.41) is 0.839. The average molecular weight is 378 g/mol. The summed E-state index contributed by atoms with van der Waals surface area (Å²) >= 11 is 2.22. The SMILES string of the molecule is NNc1nc(Oc2ccccc2I)c2ccccc2n1. The minimum atomic E-state index is 0.324. The Kier molecular flexibility index (Phi) is 3.66. The van der Waals surface area contributed by atoms with Gasteiger partial charge in [0.25, 0.3) is 0 Å². The van der Waals surface area contributed by atoms with Crippen molar-refractivity contribution < 1.29 is 4.74 Å². The molecule has 20 heavy (non-hydrogen) atoms. The summed E-state index contributed by atoms with van der Waals surface area (Å²) in [5.74, 6) is 6.95. The van der Waals surface area contributed by atoms with Crippen LogP contribution in [-0.4, -0.2) is 9.97 Å². The van der Waals surface area contributed by atoms with Crippen LogP contribution >= 0.6 is 22.6 Å². The van der Waals surface area contributed by atoms with Gasteiger partial charge in [0.05, 0.1) is 14.5 Å². The molecule has 0 atom stereocenters. The van der Waals surface area contributed by atoms with E-state index >= 15 is 0 Å². The van der Waals surface area contributed by atoms with Gasteiger partial charge in [-0.15, -0.1) is 0 Å². The standard InChI is InChI=1S/C14H11IN4O/c15-10-6-2-4-8-12(10)20-13-9-5-1-3-7-11(9)17-14(18-13)19-16/h1-8H,16H2,(H,17,18,19). The summed E-state index contributed by atoms with van der Waals surface area (Å²) in [6, 6.07) is 15.4. The lowest BCUT2D eigenvalue weighted by atomic mass is 10.2. The van der Waals surface area contributed by atoms with Crippen LogP contribution in [0.5, 0.6) is 11.6 Å². The van der Waals surface area contributed by atoms with Crippen molar-refractivity contribution in [3.05, 3.63) is 52.1 Å². The van der Waals surface area contributed by atoms with Crippen LogP contribution < -0.4 is 16.0 Å². The van der Waals surface area contributed by atoms with E-state index < -0.39 is 0 Å². The van der Waals surface area contributed by atoms with Gasteiger partial charge >= 0.3 is 0 Å². The zero-order valence-electron chi connectivity index (χ0n) is 10.4. The van der Waals surface area contributed by atoms with Crippen molar-refractivity contribution in [3.8, 4) is 11.6 Å². The molecule has 0 spiro atoms. The molecular formula is C14H11IN4O. The molecule has 0 saturated carbocycles. The summed E-state index contributed by atoms with van der Waals surface area (Å²) in [5.41, 5.74) is 3.23. The van der Waals surface area contributed by atoms with Crippen LogP contribution in [0.15, 0.2) is 48.5 Å². The van der Waals surface area contributed by atoms with E-state index in [1.54, 1.807) is 0 Å². The molecule has 2 aromatic carbocycles. The van der Waals surface area contributed by atoms with Gasteiger partial charge in [-0.05, 0) is 46.9 Å². The summed E-state index contributed by atoms with van der Waals surface area (Å²) in [6.07, 6.45) is 0. The van der Waals surface area contributed by atoms with Gasteiger partial charge in [-0.25, -0.2) is 10.8 Å². The molecule has 0 radical (unpaired) electrons. The van der Waals surface area contributed by atoms with Crippen molar-refractivity contribution in [2.24, 2.45) is 5.84 Å². The second kappa shape index (κ2) is 5.59. The normalized spacial score (nSPS) is 10.5. The van der Waals surface area contributed by atoms with E-state index in [-0.39, 0.29) is 0 Å². The Morgan fingerprint density at radius 2 is 1.75 bits per heavy atom. The molecule has 0 unspecified atom stereocenters. The summed E-state index contributed by atoms with van der Waals surface area (Å²) in [7, 11) is 0. The number of aromatic nitrogens is 2. The maximum absolute atomic E-state index is 5.91. The predicted molar refractivity (Wildman–Crippen MR) is 86.6 cm³/mol. The number of nitrogen functional groups attached to an aromatic ring is 1. The van der Waals surface area contributed by atoms with E-state index in [1.165, 1.54) is 0 Å². The van der Waals surface area contributed by atoms with Crippen molar-refractivity contribution >= 4 is 39.4 Å². The minimum Gasteiger partial charge on any atom is -0.437 e. The maximum atomic E-state index is 5.91. The Hall–Kier alpha value is -1.93. The largest absolute Gasteiger partial charge is 0.437 e. The monoisotopic (exact) mass is 378 g/mol. The maximum Gasteiger partial charge on any atom is 0.241 e. The quantitative estimate of drug-likeness (QED) is 0.416. The topological polar surface area (TPSA) is 73.1 Å². The van der Waals surface area contributed by atoms with E-state index in [0.717, 1.165) is 20.2 Å². The molecule has 0 bridgehead atoms. The molecule has 6 heteroatoms. The molecule has 3 aromatic rings. The third-order valence-corrected chi connectivity index (χ3v) is 3.63. The van der Waals surface area contributed by atoms with Gasteiger partial charge in [-0.3, -0.25) is 5.43 Å². The van der Waals surface area contributed by atoms with Crippen LogP contribution in [0.4, 0.5) is 5.95 Å². The van der Waals surface area contributed by atoms with Crippen LogP contribution in [-0.2, 0) is 0 Å². The van der Waals surface area contributed by atoms with E-state index in [9.17, 15) is 0 Å². The first-order valence-electron chi connectivity index (χ1n) is 5.94. The first kappa shape index (κ1) is 13.1. The number of nitrogens with zero attached hydrogens (tertiary/aromatic N) is 2. The molecule has 0 aliphatic rings. The van der Waals surface area contributed by atoms with Crippen LogP contribution in [0.2, 0.25) is 0 Å². The lowest BCUT2D eigenvalue weighted by Crippen LogP contribution is -2.11. The fraction of sp³-hybridized carbons (Fsp3) is 0. The first-order chi connectivity index (χ1) is 9.78. The predicted octanol–water partition coefficient (Wildman–Crippen LogP) is 3.31. The average Bonchev–Trinajstić information content (AvgIpc) is 2.49. The Balaban J connectivity index is 2.13. The highest BCUT2D eigenvalue weighted by molar-refractivity contribution is 14.1. The van der Waals surface area contributed by atoms with Crippen molar-refractivity contribution in [1.82, 2.24) is 9.97 Å². The Labute approximate surface area is 129 Å². The summed E-state index contributed by atoms with van der Waals surface area (Å²) < 4.78 is 6.92. The van der Waals surface area contributed by atoms with Gasteiger partial charge < -0.3 is 4.74 Å². The molecule has 0 amide bonds. The molecule has 1 heterocycles. The van der Waals surface area contributed by atoms with Gasteiger partial charge in [-0.1, -0.05) is 24.3 Å². The van der Waals surface area contributed by atoms with E-state index in [2.05, 4.69) is 38.0 Å². The molecule has 0 saturated heterocycles. The number of hydrogen-bond acceptors (Lipinski definition) is 5. The summed E-state index contributed by atoms with van der Waals surface area (Å²) in [4.78, 5) is 8.57. The van der Waals surface area contributed by atoms with E-state index in [4.69, 9.17) is 10.6 Å². The zero-order chi connectivity index (χ0) is 13.9. The number of nitrogens with two attached hydrogens (primary N) is 1. The van der Waals surface area contributed by atoms with Gasteiger partial charge in [-0.2, -0.15) is 4.98 Å². The van der Waals surface area contributed by atoms with Gasteiger partial charge in [0.2, 0.25) is 11.8 Å². The van der Waals surface area contributed by atoms with Gasteiger partial charge in [0.1, 0.15) is 5.75 Å². The highest BCUT2D eigenvalue weighted by Crippen LogP contribution is 2.30. The van der Waals surface area contributed by atoms with E-state index in [1.807, 2.05) is 48.5 Å². The molecule has 0 aliphatic heterocycles. The number of fused-ring (bicyclic) bond motifs is 1. The fourth-order valence-corrected chi connectivity index (χ4v) is 2.32. The number of hydrogen-bond donors (Lipinski definition) is 2. The molecule has 5 nitrogen and oxygen atoms in total. The molecule has 3 rings (SSSR count). The number of rotatable bonds is 3. The molecule has 3 N–H and O–H groups in total. The van der Waals surface area contributed by atoms with Crippen molar-refractivity contribution in [1.29, 1.82) is 0 Å². The fourth-order valence-electron chi connectivity index (χ4n) is 1.82. The molecule has 0 aliphatic carbocycles. The lowest BCUT2D eigenvalue weighted by molar-refractivity contribution is 0.465. The Morgan fingerprint density at radius 3 is 2.55 bits per heavy atom. The van der Waals surface area contributed by atoms with Crippen molar-refractivity contribution in [3.63, 3.8) is 0 Å². The number of anilines is 1. The second-order valence-electron chi connectivity index (χ2n) is 4.05. The number of ether oxygens (including phenoxy) is 1. The summed E-state index contributed by atoms with van der Waals surface area (Å²) in [6.45, 7) is 0. The van der Waals surface area contributed by atoms with Crippen molar-refractivity contribution in [2.45, 2.75) is 0 Å². The van der Waals surface area contributed by atoms with Crippen LogP contribution in [0.25, 0.3) is 10.9 Å².